The Morgan fingerprint density at radius 3 is 2.54 bits per heavy atom. The number of ketones is 1. The van der Waals surface area contributed by atoms with Crippen LogP contribution in [0.4, 0.5) is 4.79 Å². The molecule has 0 unspecified atom stereocenters. The van der Waals surface area contributed by atoms with Gasteiger partial charge in [-0.2, -0.15) is 0 Å². The van der Waals surface area contributed by atoms with Crippen LogP contribution in [0.3, 0.4) is 0 Å². The number of imide groups is 1. The van der Waals surface area contributed by atoms with E-state index in [0.717, 1.165) is 4.90 Å². The molecule has 140 valence electrons. The number of hydrogen-bond donors (Lipinski definition) is 1. The minimum atomic E-state index is -1.03. The average Bonchev–Trinajstić information content (AvgIpc) is 2.83. The summed E-state index contributed by atoms with van der Waals surface area (Å²) in [7, 11) is 1.45. The zero-order chi connectivity index (χ0) is 19.5. The number of hydrogen-bond acceptors (Lipinski definition) is 6. The number of carbonyl (C=O) groups is 4. The molecule has 1 aliphatic heterocycles. The van der Waals surface area contributed by atoms with Crippen molar-refractivity contribution >= 4 is 35.3 Å². The summed E-state index contributed by atoms with van der Waals surface area (Å²) in [6.07, 6.45) is 0.389. The third kappa shape index (κ3) is 3.96. The van der Waals surface area contributed by atoms with Crippen molar-refractivity contribution < 1.29 is 28.7 Å². The van der Waals surface area contributed by atoms with Crippen molar-refractivity contribution in [2.24, 2.45) is 0 Å². The fourth-order valence-electron chi connectivity index (χ4n) is 2.37. The van der Waals surface area contributed by atoms with Gasteiger partial charge in [0, 0.05) is 5.56 Å². The molecule has 0 aliphatic carbocycles. The number of benzene rings is 1. The van der Waals surface area contributed by atoms with Crippen molar-refractivity contribution in [3.63, 3.8) is 0 Å². The summed E-state index contributed by atoms with van der Waals surface area (Å²) in [5, 5.41) is 2.78. The van der Waals surface area contributed by atoms with Crippen molar-refractivity contribution in [2.45, 2.75) is 25.8 Å². The SMILES string of the molecule is CC[C@]1(C)NC(=O)N(CC(=O)OCC(=O)c2ccc(OC)c(Cl)c2)C1=O. The molecule has 0 spiro atoms. The summed E-state index contributed by atoms with van der Waals surface area (Å²) in [4.78, 5) is 48.8. The first-order valence-corrected chi connectivity index (χ1v) is 8.26. The number of nitrogens with zero attached hydrogens (tertiary/aromatic N) is 1. The van der Waals surface area contributed by atoms with E-state index in [4.69, 9.17) is 21.1 Å². The number of esters is 1. The van der Waals surface area contributed by atoms with Crippen molar-refractivity contribution in [2.75, 3.05) is 20.3 Å². The summed E-state index contributed by atoms with van der Waals surface area (Å²) in [6, 6.07) is 3.76. The Hall–Kier alpha value is -2.61. The molecule has 1 aliphatic rings. The van der Waals surface area contributed by atoms with Gasteiger partial charge in [0.15, 0.2) is 12.4 Å². The van der Waals surface area contributed by atoms with Crippen LogP contribution in [0.1, 0.15) is 30.6 Å². The summed E-state index contributed by atoms with van der Waals surface area (Å²) >= 11 is 5.95. The van der Waals surface area contributed by atoms with Crippen molar-refractivity contribution in [3.8, 4) is 5.75 Å². The second-order valence-corrected chi connectivity index (χ2v) is 6.35. The Morgan fingerprint density at radius 2 is 2.00 bits per heavy atom. The maximum Gasteiger partial charge on any atom is 0.326 e. The van der Waals surface area contributed by atoms with E-state index in [9.17, 15) is 19.2 Å². The van der Waals surface area contributed by atoms with Gasteiger partial charge in [-0.3, -0.25) is 19.3 Å². The largest absolute Gasteiger partial charge is 0.495 e. The van der Waals surface area contributed by atoms with Gasteiger partial charge < -0.3 is 14.8 Å². The van der Waals surface area contributed by atoms with Crippen LogP contribution < -0.4 is 10.1 Å². The van der Waals surface area contributed by atoms with E-state index in [2.05, 4.69) is 5.32 Å². The molecule has 1 N–H and O–H groups in total. The van der Waals surface area contributed by atoms with Gasteiger partial charge in [-0.15, -0.1) is 0 Å². The number of amides is 3. The van der Waals surface area contributed by atoms with Crippen LogP contribution in [0.25, 0.3) is 0 Å². The molecule has 0 saturated carbocycles. The Balaban J connectivity index is 1.93. The fraction of sp³-hybridized carbons (Fsp3) is 0.412. The van der Waals surface area contributed by atoms with Gasteiger partial charge in [0.1, 0.15) is 17.8 Å². The van der Waals surface area contributed by atoms with E-state index in [1.165, 1.54) is 25.3 Å². The van der Waals surface area contributed by atoms with E-state index in [0.29, 0.717) is 12.2 Å². The molecule has 0 aromatic heterocycles. The van der Waals surface area contributed by atoms with Gasteiger partial charge in [-0.05, 0) is 31.5 Å². The quantitative estimate of drug-likeness (QED) is 0.438. The predicted molar refractivity (Wildman–Crippen MR) is 92.2 cm³/mol. The number of methoxy groups -OCH3 is 1. The van der Waals surface area contributed by atoms with Gasteiger partial charge in [-0.1, -0.05) is 18.5 Å². The Labute approximate surface area is 155 Å². The number of urea groups is 1. The molecule has 1 atom stereocenters. The second-order valence-electron chi connectivity index (χ2n) is 5.94. The number of rotatable bonds is 7. The highest BCUT2D eigenvalue weighted by molar-refractivity contribution is 6.32. The highest BCUT2D eigenvalue weighted by atomic mass is 35.5. The molecular weight excluding hydrogens is 364 g/mol. The fourth-order valence-corrected chi connectivity index (χ4v) is 2.63. The van der Waals surface area contributed by atoms with Crippen molar-refractivity contribution in [1.29, 1.82) is 0 Å². The third-order valence-corrected chi connectivity index (χ3v) is 4.47. The van der Waals surface area contributed by atoms with E-state index in [1.54, 1.807) is 13.8 Å². The summed E-state index contributed by atoms with van der Waals surface area (Å²) in [5.41, 5.74) is -0.787. The maximum absolute atomic E-state index is 12.2. The Bertz CT molecular complexity index is 766. The molecule has 0 radical (unpaired) electrons. The molecule has 1 heterocycles. The molecule has 1 aromatic rings. The van der Waals surface area contributed by atoms with Gasteiger partial charge in [0.2, 0.25) is 0 Å². The zero-order valence-electron chi connectivity index (χ0n) is 14.6. The molecule has 2 rings (SSSR count). The van der Waals surface area contributed by atoms with Gasteiger partial charge in [0.05, 0.1) is 12.1 Å². The number of halogens is 1. The lowest BCUT2D eigenvalue weighted by molar-refractivity contribution is -0.146. The Morgan fingerprint density at radius 1 is 1.31 bits per heavy atom. The maximum atomic E-state index is 12.2. The lowest BCUT2D eigenvalue weighted by Crippen LogP contribution is -2.43. The first kappa shape index (κ1) is 19.7. The molecule has 8 nitrogen and oxygen atoms in total. The topological polar surface area (TPSA) is 102 Å². The highest BCUT2D eigenvalue weighted by Gasteiger charge is 2.47. The number of ether oxygens (including phenoxy) is 2. The van der Waals surface area contributed by atoms with Crippen molar-refractivity contribution in [1.82, 2.24) is 10.2 Å². The number of Topliss-reactive ketones (excluding diaryl/α,β-unsaturated/α-hetero) is 1. The van der Waals surface area contributed by atoms with Crippen LogP contribution in [0, 0.1) is 0 Å². The predicted octanol–water partition coefficient (Wildman–Crippen LogP) is 1.79. The molecule has 1 fully saturated rings. The van der Waals surface area contributed by atoms with E-state index in [1.807, 2.05) is 0 Å². The van der Waals surface area contributed by atoms with Crippen LogP contribution in [0.15, 0.2) is 18.2 Å². The van der Waals surface area contributed by atoms with Crippen LogP contribution in [0.5, 0.6) is 5.75 Å². The zero-order valence-corrected chi connectivity index (χ0v) is 15.4. The Kier molecular flexibility index (Phi) is 5.86. The van der Waals surface area contributed by atoms with Crippen LogP contribution in [-0.2, 0) is 14.3 Å². The second kappa shape index (κ2) is 7.74. The third-order valence-electron chi connectivity index (χ3n) is 4.18. The first-order chi connectivity index (χ1) is 12.2. The van der Waals surface area contributed by atoms with Crippen LogP contribution in [0.2, 0.25) is 5.02 Å². The minimum Gasteiger partial charge on any atom is -0.495 e. The van der Waals surface area contributed by atoms with Crippen LogP contribution >= 0.6 is 11.6 Å². The molecule has 9 heteroatoms. The number of carbonyl (C=O) groups excluding carboxylic acids is 4. The highest BCUT2D eigenvalue weighted by Crippen LogP contribution is 2.25. The normalized spacial score (nSPS) is 19.3. The average molecular weight is 383 g/mol. The van der Waals surface area contributed by atoms with E-state index in [-0.39, 0.29) is 10.6 Å². The number of nitrogens with one attached hydrogen (secondary N) is 1. The summed E-state index contributed by atoms with van der Waals surface area (Å²) in [6.45, 7) is 2.24. The van der Waals surface area contributed by atoms with Crippen LogP contribution in [-0.4, -0.2) is 54.4 Å². The summed E-state index contributed by atoms with van der Waals surface area (Å²) in [5.74, 6) is -1.42. The molecule has 1 aromatic carbocycles. The first-order valence-electron chi connectivity index (χ1n) is 7.88. The summed E-state index contributed by atoms with van der Waals surface area (Å²) < 4.78 is 9.87. The van der Waals surface area contributed by atoms with Gasteiger partial charge in [0.25, 0.3) is 5.91 Å². The monoisotopic (exact) mass is 382 g/mol. The standard InChI is InChI=1S/C17H19ClN2O6/c1-4-17(2)15(23)20(16(24)19-17)8-14(22)26-9-12(21)10-5-6-13(25-3)11(18)7-10/h5-7H,4,8-9H2,1-3H3,(H,19,24)/t17-/m0/s1. The smallest absolute Gasteiger partial charge is 0.326 e. The molecular formula is C17H19ClN2O6. The molecule has 0 bridgehead atoms. The van der Waals surface area contributed by atoms with Gasteiger partial charge in [-0.25, -0.2) is 4.79 Å². The van der Waals surface area contributed by atoms with E-state index >= 15 is 0 Å². The molecule has 3 amide bonds. The lowest BCUT2D eigenvalue weighted by Gasteiger charge is -2.18. The minimum absolute atomic E-state index is 0.247. The van der Waals surface area contributed by atoms with E-state index < -0.39 is 42.4 Å². The molecule has 26 heavy (non-hydrogen) atoms. The van der Waals surface area contributed by atoms with Gasteiger partial charge >= 0.3 is 12.0 Å². The lowest BCUT2D eigenvalue weighted by atomic mass is 9.99. The molecule has 1 saturated heterocycles. The van der Waals surface area contributed by atoms with Crippen molar-refractivity contribution in [3.05, 3.63) is 28.8 Å².